The van der Waals surface area contributed by atoms with Gasteiger partial charge in [0.15, 0.2) is 11.5 Å². The molecule has 9 heteroatoms. The summed E-state index contributed by atoms with van der Waals surface area (Å²) in [6.45, 7) is 4.21. The molecule has 3 heterocycles. The molecule has 3 aromatic rings. The number of aromatic amines is 1. The van der Waals surface area contributed by atoms with Gasteiger partial charge in [-0.15, -0.1) is 0 Å². The number of imidazole rings is 1. The number of amides is 1. The molecule has 1 amide bonds. The molecule has 186 valence electrons. The van der Waals surface area contributed by atoms with Crippen molar-refractivity contribution in [3.8, 4) is 17.2 Å². The van der Waals surface area contributed by atoms with Crippen LogP contribution in [0.2, 0.25) is 0 Å². The van der Waals surface area contributed by atoms with Gasteiger partial charge in [0.2, 0.25) is 6.33 Å². The fourth-order valence-corrected chi connectivity index (χ4v) is 4.63. The van der Waals surface area contributed by atoms with Gasteiger partial charge in [-0.25, -0.2) is 4.57 Å². The van der Waals surface area contributed by atoms with E-state index in [4.69, 9.17) is 14.2 Å². The molecule has 1 unspecified atom stereocenters. The van der Waals surface area contributed by atoms with Crippen LogP contribution in [0.4, 0.5) is 0 Å². The van der Waals surface area contributed by atoms with Crippen LogP contribution in [-0.2, 0) is 16.1 Å². The number of hydrogen-bond acceptors (Lipinski definition) is 6. The van der Waals surface area contributed by atoms with E-state index >= 15 is 0 Å². The minimum atomic E-state index is -0.755. The monoisotopic (exact) mass is 490 g/mol. The van der Waals surface area contributed by atoms with Crippen LogP contribution in [0.3, 0.4) is 0 Å². The second kappa shape index (κ2) is 10.2. The fourth-order valence-electron chi connectivity index (χ4n) is 4.63. The van der Waals surface area contributed by atoms with Gasteiger partial charge in [0, 0.05) is 18.5 Å². The molecular weight excluding hydrogens is 462 g/mol. The number of rotatable bonds is 8. The molecule has 0 aliphatic carbocycles. The molecule has 2 N–H and O–H groups in total. The van der Waals surface area contributed by atoms with Gasteiger partial charge in [-0.3, -0.25) is 14.6 Å². The smallest absolute Gasteiger partial charge is 0.295 e. The number of hydrogen-bond donors (Lipinski definition) is 2. The first-order chi connectivity index (χ1) is 17.6. The van der Waals surface area contributed by atoms with Gasteiger partial charge in [0.1, 0.15) is 37.1 Å². The molecule has 5 rings (SSSR count). The lowest BCUT2D eigenvalue weighted by molar-refractivity contribution is -0.695. The van der Waals surface area contributed by atoms with Crippen LogP contribution in [0.25, 0.3) is 5.76 Å². The number of nitrogens with one attached hydrogen (secondary N) is 1. The summed E-state index contributed by atoms with van der Waals surface area (Å²) in [7, 11) is 0. The Morgan fingerprint density at radius 1 is 1.17 bits per heavy atom. The number of carbonyl (C=O) groups is 2. The molecule has 0 radical (unpaired) electrons. The van der Waals surface area contributed by atoms with Crippen molar-refractivity contribution in [3.05, 3.63) is 77.9 Å². The fraction of sp³-hybridized carbons (Fsp3) is 0.296. The minimum absolute atomic E-state index is 0.0413. The number of benzene rings is 2. The maximum absolute atomic E-state index is 13.3. The molecule has 2 aliphatic rings. The van der Waals surface area contributed by atoms with Crippen LogP contribution in [0.1, 0.15) is 30.5 Å². The zero-order valence-corrected chi connectivity index (χ0v) is 20.0. The number of ether oxygens (including phenoxy) is 3. The van der Waals surface area contributed by atoms with Crippen molar-refractivity contribution >= 4 is 17.4 Å². The SMILES string of the molecule is CCOc1cccc(C2C(=C(O)c3ccc4c(c3)OCCO4)C(=O)C(=O)N2CCC[n+]2cc[nH]c2)c1. The third kappa shape index (κ3) is 4.51. The summed E-state index contributed by atoms with van der Waals surface area (Å²) < 4.78 is 18.8. The highest BCUT2D eigenvalue weighted by Gasteiger charge is 2.46. The van der Waals surface area contributed by atoms with Crippen LogP contribution in [0.15, 0.2) is 66.8 Å². The van der Waals surface area contributed by atoms with Crippen LogP contribution in [0.5, 0.6) is 17.2 Å². The van der Waals surface area contributed by atoms with Crippen molar-refractivity contribution in [1.82, 2.24) is 9.88 Å². The number of aryl methyl sites for hydroxylation is 1. The van der Waals surface area contributed by atoms with E-state index in [2.05, 4.69) is 4.98 Å². The second-order valence-corrected chi connectivity index (χ2v) is 8.56. The van der Waals surface area contributed by atoms with E-state index in [1.54, 1.807) is 18.2 Å². The Kier molecular flexibility index (Phi) is 6.62. The number of likely N-dealkylation sites (tertiary alicyclic amines) is 1. The Bertz CT molecular complexity index is 1300. The second-order valence-electron chi connectivity index (χ2n) is 8.56. The minimum Gasteiger partial charge on any atom is -0.507 e. The third-order valence-electron chi connectivity index (χ3n) is 6.26. The summed E-state index contributed by atoms with van der Waals surface area (Å²) in [5.41, 5.74) is 1.11. The van der Waals surface area contributed by atoms with Crippen molar-refractivity contribution in [1.29, 1.82) is 0 Å². The number of Topliss-reactive ketones (excluding diaryl/α,β-unsaturated/α-hetero) is 1. The highest BCUT2D eigenvalue weighted by molar-refractivity contribution is 6.46. The third-order valence-corrected chi connectivity index (χ3v) is 6.26. The number of fused-ring (bicyclic) bond motifs is 1. The highest BCUT2D eigenvalue weighted by atomic mass is 16.6. The summed E-state index contributed by atoms with van der Waals surface area (Å²) in [5.74, 6) is 0.0744. The maximum atomic E-state index is 13.3. The Balaban J connectivity index is 1.54. The van der Waals surface area contributed by atoms with Crippen molar-refractivity contribution in [2.24, 2.45) is 0 Å². The molecular formula is C27H28N3O6+. The van der Waals surface area contributed by atoms with Crippen LogP contribution < -0.4 is 18.8 Å². The molecule has 1 atom stereocenters. The molecule has 0 bridgehead atoms. The van der Waals surface area contributed by atoms with Gasteiger partial charge >= 0.3 is 0 Å². The molecule has 1 aromatic heterocycles. The Labute approximate surface area is 208 Å². The van der Waals surface area contributed by atoms with Gasteiger partial charge in [0.25, 0.3) is 11.7 Å². The van der Waals surface area contributed by atoms with E-state index in [0.29, 0.717) is 67.7 Å². The van der Waals surface area contributed by atoms with Gasteiger partial charge in [0.05, 0.1) is 24.8 Å². The van der Waals surface area contributed by atoms with E-state index in [1.165, 1.54) is 4.90 Å². The van der Waals surface area contributed by atoms with E-state index in [-0.39, 0.29) is 11.3 Å². The van der Waals surface area contributed by atoms with Gasteiger partial charge < -0.3 is 24.2 Å². The number of nitrogens with zero attached hydrogens (tertiary/aromatic N) is 2. The van der Waals surface area contributed by atoms with Gasteiger partial charge in [-0.2, -0.15) is 0 Å². The molecule has 0 spiro atoms. The van der Waals surface area contributed by atoms with Crippen LogP contribution in [-0.4, -0.2) is 53.0 Å². The van der Waals surface area contributed by atoms with E-state index in [0.717, 1.165) is 0 Å². The molecule has 2 aliphatic heterocycles. The van der Waals surface area contributed by atoms with E-state index in [9.17, 15) is 14.7 Å². The predicted octanol–water partition coefficient (Wildman–Crippen LogP) is 2.98. The van der Waals surface area contributed by atoms with Crippen molar-refractivity contribution in [2.75, 3.05) is 26.4 Å². The summed E-state index contributed by atoms with van der Waals surface area (Å²) >= 11 is 0. The number of aliphatic hydroxyl groups excluding tert-OH is 1. The lowest BCUT2D eigenvalue weighted by Crippen LogP contribution is -2.36. The van der Waals surface area contributed by atoms with E-state index in [1.807, 2.05) is 54.5 Å². The predicted molar refractivity (Wildman–Crippen MR) is 130 cm³/mol. The van der Waals surface area contributed by atoms with Crippen molar-refractivity contribution in [2.45, 2.75) is 25.9 Å². The maximum Gasteiger partial charge on any atom is 0.295 e. The zero-order valence-electron chi connectivity index (χ0n) is 20.0. The molecule has 1 fully saturated rings. The standard InChI is InChI=1S/C27H27N3O6/c1-2-34-20-6-3-5-18(15-20)24-23(25(31)19-7-8-21-22(16-19)36-14-13-35-21)26(32)27(33)30(24)11-4-10-29-12-9-28-17-29/h3,5-9,12,15-17,24H,2,4,10-11,13-14H2,1H3,(H,31,32)/p+1. The number of aromatic nitrogens is 2. The summed E-state index contributed by atoms with van der Waals surface area (Å²) in [5, 5.41) is 11.4. The average molecular weight is 491 g/mol. The topological polar surface area (TPSA) is 105 Å². The van der Waals surface area contributed by atoms with Gasteiger partial charge in [-0.05, 0) is 42.8 Å². The Morgan fingerprint density at radius 2 is 2.00 bits per heavy atom. The number of aliphatic hydroxyl groups is 1. The first kappa shape index (κ1) is 23.5. The number of ketones is 1. The molecule has 1 saturated heterocycles. The number of carbonyl (C=O) groups excluding carboxylic acids is 2. The molecule has 2 aromatic carbocycles. The first-order valence-corrected chi connectivity index (χ1v) is 12.0. The summed E-state index contributed by atoms with van der Waals surface area (Å²) in [6.07, 6.45) is 6.18. The van der Waals surface area contributed by atoms with Crippen molar-refractivity contribution in [3.63, 3.8) is 0 Å². The summed E-state index contributed by atoms with van der Waals surface area (Å²) in [4.78, 5) is 31.0. The normalized spacial score (nSPS) is 18.5. The zero-order chi connectivity index (χ0) is 25.1. The molecule has 9 nitrogen and oxygen atoms in total. The number of H-pyrrole nitrogens is 1. The average Bonchev–Trinajstić information content (AvgIpc) is 3.51. The molecule has 36 heavy (non-hydrogen) atoms. The largest absolute Gasteiger partial charge is 0.507 e. The van der Waals surface area contributed by atoms with Crippen molar-refractivity contribution < 1.29 is 33.5 Å². The molecule has 0 saturated carbocycles. The lowest BCUT2D eigenvalue weighted by Gasteiger charge is -2.25. The van der Waals surface area contributed by atoms with Gasteiger partial charge in [-0.1, -0.05) is 12.1 Å². The quantitative estimate of drug-likeness (QED) is 0.218. The van der Waals surface area contributed by atoms with Crippen LogP contribution >= 0.6 is 0 Å². The van der Waals surface area contributed by atoms with E-state index < -0.39 is 17.7 Å². The Morgan fingerprint density at radius 3 is 2.78 bits per heavy atom. The van der Waals surface area contributed by atoms with Crippen LogP contribution in [0, 0.1) is 0 Å². The first-order valence-electron chi connectivity index (χ1n) is 12.0. The summed E-state index contributed by atoms with van der Waals surface area (Å²) in [6, 6.07) is 11.5. The highest BCUT2D eigenvalue weighted by Crippen LogP contribution is 2.41. The Hall–Kier alpha value is -4.27. The lowest BCUT2D eigenvalue weighted by atomic mass is 9.95.